The van der Waals surface area contributed by atoms with E-state index in [9.17, 15) is 33.9 Å². The quantitative estimate of drug-likeness (QED) is 0.138. The topological polar surface area (TPSA) is 201 Å². The van der Waals surface area contributed by atoms with Gasteiger partial charge in [-0.2, -0.15) is 0 Å². The van der Waals surface area contributed by atoms with Gasteiger partial charge in [-0.15, -0.1) is 11.3 Å². The van der Waals surface area contributed by atoms with Gasteiger partial charge in [0.2, 0.25) is 17.7 Å². The molecule has 0 aliphatic rings. The van der Waals surface area contributed by atoms with Crippen LogP contribution >= 0.6 is 11.3 Å². The highest BCUT2D eigenvalue weighted by Gasteiger charge is 2.38. The van der Waals surface area contributed by atoms with Crippen LogP contribution in [0.3, 0.4) is 0 Å². The van der Waals surface area contributed by atoms with Gasteiger partial charge in [0, 0.05) is 30.8 Å². The Balaban J connectivity index is 2.43. The molecule has 4 amide bonds. The first kappa shape index (κ1) is 42.8. The number of likely N-dealkylation sites (N-methyl/N-ethyl adjacent to an activating group) is 1. The standard InChI is InChI=1S/C36H54N6O8S/c1-9-22(4)32(40-31(45)19-41(7)8)35(47)42(18-30(37)44)28(21(2)3)17-29(50-24(6)43)34-39-27(20-51-34)33(46)38-26(15-23(5)36(48)49)16-25-13-11-10-12-14-25/h10-14,20-23,26,28-29,32H,9,15-19H2,1-8H3,(H2,37,44)(H,38,46)(H,40,45)(H,48,49)/t22-,23-,26+,28+,29+,32-/m0/s1. The number of amides is 4. The van der Waals surface area contributed by atoms with Gasteiger partial charge in [0.15, 0.2) is 6.10 Å². The first-order chi connectivity index (χ1) is 23.9. The zero-order valence-corrected chi connectivity index (χ0v) is 31.7. The number of aliphatic carboxylic acids is 1. The zero-order chi connectivity index (χ0) is 38.4. The van der Waals surface area contributed by atoms with Gasteiger partial charge in [0.1, 0.15) is 16.7 Å². The van der Waals surface area contributed by atoms with Crippen LogP contribution in [0.2, 0.25) is 0 Å². The van der Waals surface area contributed by atoms with E-state index >= 15 is 0 Å². The molecule has 0 saturated heterocycles. The Labute approximate surface area is 304 Å². The summed E-state index contributed by atoms with van der Waals surface area (Å²) in [4.78, 5) is 84.3. The SMILES string of the molecule is CC[C@H](C)[C@H](NC(=O)CN(C)C)C(=O)N(CC(N)=O)[C@H](C[C@@H](OC(C)=O)c1nc(C(=O)N[C@@H](Cc2ccccc2)C[C@H](C)C(=O)O)cs1)C(C)C. The second-order valence-electron chi connectivity index (χ2n) is 13.7. The van der Waals surface area contributed by atoms with Crippen LogP contribution in [0.4, 0.5) is 0 Å². The summed E-state index contributed by atoms with van der Waals surface area (Å²) < 4.78 is 5.70. The Bertz CT molecular complexity index is 1480. The summed E-state index contributed by atoms with van der Waals surface area (Å²) in [5.41, 5.74) is 6.62. The third-order valence-corrected chi connectivity index (χ3v) is 9.48. The summed E-state index contributed by atoms with van der Waals surface area (Å²) in [5, 5.41) is 17.1. The van der Waals surface area contributed by atoms with E-state index in [1.54, 1.807) is 25.9 Å². The number of hydrogen-bond donors (Lipinski definition) is 4. The van der Waals surface area contributed by atoms with Crippen LogP contribution < -0.4 is 16.4 Å². The van der Waals surface area contributed by atoms with Crippen molar-refractivity contribution in [3.63, 3.8) is 0 Å². The van der Waals surface area contributed by atoms with E-state index in [-0.39, 0.29) is 42.8 Å². The Morgan fingerprint density at radius 3 is 2.16 bits per heavy atom. The average molecular weight is 731 g/mol. The monoisotopic (exact) mass is 730 g/mol. The molecule has 1 aromatic heterocycles. The molecule has 0 spiro atoms. The lowest BCUT2D eigenvalue weighted by atomic mass is 9.92. The third-order valence-electron chi connectivity index (χ3n) is 8.55. The second-order valence-corrected chi connectivity index (χ2v) is 14.5. The van der Waals surface area contributed by atoms with Crippen LogP contribution in [-0.2, 0) is 35.1 Å². The molecule has 1 heterocycles. The first-order valence-electron chi connectivity index (χ1n) is 17.2. The minimum absolute atomic E-state index is 0.0243. The number of hydrogen-bond acceptors (Lipinski definition) is 10. The molecule has 282 valence electrons. The molecule has 6 atom stereocenters. The van der Waals surface area contributed by atoms with Crippen LogP contribution in [-0.4, -0.2) is 101 Å². The number of carbonyl (C=O) groups excluding carboxylic acids is 5. The van der Waals surface area contributed by atoms with Crippen molar-refractivity contribution in [2.75, 3.05) is 27.2 Å². The summed E-state index contributed by atoms with van der Waals surface area (Å²) in [6, 6.07) is 7.25. The van der Waals surface area contributed by atoms with Crippen LogP contribution in [0.25, 0.3) is 0 Å². The van der Waals surface area contributed by atoms with Crippen molar-refractivity contribution in [3.05, 3.63) is 52.0 Å². The molecule has 14 nitrogen and oxygen atoms in total. The third kappa shape index (κ3) is 14.0. The lowest BCUT2D eigenvalue weighted by Crippen LogP contribution is -2.58. The Morgan fingerprint density at radius 1 is 0.980 bits per heavy atom. The summed E-state index contributed by atoms with van der Waals surface area (Å²) in [5.74, 6) is -4.96. The van der Waals surface area contributed by atoms with Gasteiger partial charge in [-0.3, -0.25) is 28.8 Å². The van der Waals surface area contributed by atoms with E-state index in [2.05, 4.69) is 15.6 Å². The van der Waals surface area contributed by atoms with E-state index in [0.29, 0.717) is 17.8 Å². The Kier molecular flexibility index (Phi) is 17.2. The van der Waals surface area contributed by atoms with Crippen LogP contribution in [0.1, 0.15) is 88.0 Å². The number of nitrogens with zero attached hydrogens (tertiary/aromatic N) is 3. The first-order valence-corrected chi connectivity index (χ1v) is 18.0. The summed E-state index contributed by atoms with van der Waals surface area (Å²) in [7, 11) is 3.47. The number of nitrogens with one attached hydrogen (secondary N) is 2. The molecule has 15 heteroatoms. The van der Waals surface area contributed by atoms with Crippen molar-refractivity contribution in [3.8, 4) is 0 Å². The molecule has 5 N–H and O–H groups in total. The molecule has 0 radical (unpaired) electrons. The molecule has 0 aliphatic heterocycles. The predicted molar refractivity (Wildman–Crippen MR) is 194 cm³/mol. The number of carboxylic acid groups (broad SMARTS) is 1. The molecule has 1 aromatic carbocycles. The van der Waals surface area contributed by atoms with Gasteiger partial charge in [-0.25, -0.2) is 4.98 Å². The molecule has 0 saturated carbocycles. The van der Waals surface area contributed by atoms with Crippen molar-refractivity contribution in [2.24, 2.45) is 23.5 Å². The number of esters is 1. The molecule has 0 unspecified atom stereocenters. The minimum Gasteiger partial charge on any atom is -0.481 e. The van der Waals surface area contributed by atoms with Gasteiger partial charge in [0.05, 0.1) is 19.0 Å². The van der Waals surface area contributed by atoms with Crippen molar-refractivity contribution >= 4 is 46.9 Å². The molecule has 0 bridgehead atoms. The number of nitrogens with two attached hydrogens (primary N) is 1. The van der Waals surface area contributed by atoms with Crippen LogP contribution in [0.5, 0.6) is 0 Å². The van der Waals surface area contributed by atoms with Gasteiger partial charge >= 0.3 is 11.9 Å². The zero-order valence-electron chi connectivity index (χ0n) is 30.9. The van der Waals surface area contributed by atoms with E-state index in [1.807, 2.05) is 58.0 Å². The predicted octanol–water partition coefficient (Wildman–Crippen LogP) is 3.02. The Hall–Kier alpha value is -4.37. The molecular weight excluding hydrogens is 676 g/mol. The van der Waals surface area contributed by atoms with Crippen molar-refractivity contribution in [2.45, 2.75) is 91.5 Å². The lowest BCUT2D eigenvalue weighted by Gasteiger charge is -2.38. The number of ether oxygens (including phenoxy) is 1. The van der Waals surface area contributed by atoms with Crippen LogP contribution in [0.15, 0.2) is 35.7 Å². The largest absolute Gasteiger partial charge is 0.481 e. The maximum atomic E-state index is 14.2. The molecular formula is C36H54N6O8S. The molecule has 0 fully saturated rings. The van der Waals surface area contributed by atoms with Crippen molar-refractivity contribution in [1.82, 2.24) is 25.4 Å². The fraction of sp³-hybridized carbons (Fsp3) is 0.583. The molecule has 2 rings (SSSR count). The fourth-order valence-corrected chi connectivity index (χ4v) is 6.53. The summed E-state index contributed by atoms with van der Waals surface area (Å²) in [6.45, 7) is 9.88. The normalized spacial score (nSPS) is 14.9. The minimum atomic E-state index is -0.998. The van der Waals surface area contributed by atoms with Crippen molar-refractivity contribution < 1.29 is 38.6 Å². The highest BCUT2D eigenvalue weighted by atomic mass is 32.1. The second kappa shape index (κ2) is 20.5. The number of thiazole rings is 1. The van der Waals surface area contributed by atoms with Gasteiger partial charge in [0.25, 0.3) is 5.91 Å². The van der Waals surface area contributed by atoms with E-state index in [0.717, 1.165) is 16.9 Å². The molecule has 2 aromatic rings. The number of aromatic nitrogens is 1. The highest BCUT2D eigenvalue weighted by molar-refractivity contribution is 7.09. The maximum Gasteiger partial charge on any atom is 0.306 e. The van der Waals surface area contributed by atoms with E-state index < -0.39 is 66.4 Å². The van der Waals surface area contributed by atoms with Gasteiger partial charge in [-0.05, 0) is 44.3 Å². The number of carbonyl (C=O) groups is 6. The number of benzene rings is 1. The molecule has 51 heavy (non-hydrogen) atoms. The maximum absolute atomic E-state index is 14.2. The Morgan fingerprint density at radius 2 is 1.63 bits per heavy atom. The summed E-state index contributed by atoms with van der Waals surface area (Å²) in [6.07, 6.45) is 0.190. The fourth-order valence-electron chi connectivity index (χ4n) is 5.69. The van der Waals surface area contributed by atoms with Crippen LogP contribution in [0, 0.1) is 17.8 Å². The van der Waals surface area contributed by atoms with Crippen molar-refractivity contribution in [1.29, 1.82) is 0 Å². The number of primary amides is 1. The highest BCUT2D eigenvalue weighted by Crippen LogP contribution is 2.31. The van der Waals surface area contributed by atoms with E-state index in [4.69, 9.17) is 10.5 Å². The molecule has 0 aliphatic carbocycles. The summed E-state index contributed by atoms with van der Waals surface area (Å²) >= 11 is 1.09. The van der Waals surface area contributed by atoms with E-state index in [1.165, 1.54) is 17.2 Å². The number of rotatable bonds is 21. The number of carboxylic acids is 1. The average Bonchev–Trinajstić information content (AvgIpc) is 3.54. The lowest BCUT2D eigenvalue weighted by molar-refractivity contribution is -0.150. The van der Waals surface area contributed by atoms with Gasteiger partial charge < -0.3 is 36.0 Å². The smallest absolute Gasteiger partial charge is 0.306 e. The van der Waals surface area contributed by atoms with Gasteiger partial charge in [-0.1, -0.05) is 71.4 Å².